The van der Waals surface area contributed by atoms with Crippen molar-refractivity contribution in [2.75, 3.05) is 5.32 Å². The summed E-state index contributed by atoms with van der Waals surface area (Å²) >= 11 is 1.51. The predicted molar refractivity (Wildman–Crippen MR) is 87.5 cm³/mol. The van der Waals surface area contributed by atoms with Crippen molar-refractivity contribution >= 4 is 28.7 Å². The van der Waals surface area contributed by atoms with Crippen LogP contribution in [0.1, 0.15) is 50.7 Å². The van der Waals surface area contributed by atoms with Gasteiger partial charge in [-0.1, -0.05) is 25.5 Å². The zero-order valence-corrected chi connectivity index (χ0v) is 13.3. The van der Waals surface area contributed by atoms with Crippen molar-refractivity contribution in [3.63, 3.8) is 0 Å². The van der Waals surface area contributed by atoms with Crippen molar-refractivity contribution < 1.29 is 9.59 Å². The number of benzene rings is 1. The molecule has 0 bridgehead atoms. The minimum atomic E-state index is -0.119. The molecule has 1 heterocycles. The number of hydrogen-bond donors (Lipinski definition) is 1. The van der Waals surface area contributed by atoms with Gasteiger partial charge in [0.05, 0.1) is 4.88 Å². The smallest absolute Gasteiger partial charge is 0.265 e. The van der Waals surface area contributed by atoms with E-state index in [1.54, 1.807) is 24.3 Å². The first-order valence-corrected chi connectivity index (χ1v) is 7.84. The van der Waals surface area contributed by atoms with E-state index in [1.807, 2.05) is 13.0 Å². The molecule has 0 saturated carbocycles. The minimum Gasteiger partial charge on any atom is -0.321 e. The summed E-state index contributed by atoms with van der Waals surface area (Å²) in [6.07, 6.45) is 2.06. The van der Waals surface area contributed by atoms with E-state index in [4.69, 9.17) is 0 Å². The predicted octanol–water partition coefficient (Wildman–Crippen LogP) is 4.46. The summed E-state index contributed by atoms with van der Waals surface area (Å²) < 4.78 is 0. The molecule has 0 radical (unpaired) electrons. The van der Waals surface area contributed by atoms with Gasteiger partial charge in [0.15, 0.2) is 5.78 Å². The van der Waals surface area contributed by atoms with Crippen LogP contribution < -0.4 is 5.32 Å². The fraction of sp³-hybridized carbons (Fsp3) is 0.294. The van der Waals surface area contributed by atoms with Gasteiger partial charge in [-0.3, -0.25) is 9.59 Å². The number of nitrogens with one attached hydrogen (secondary N) is 1. The highest BCUT2D eigenvalue weighted by Gasteiger charge is 2.12. The van der Waals surface area contributed by atoms with E-state index in [-0.39, 0.29) is 11.7 Å². The summed E-state index contributed by atoms with van der Waals surface area (Å²) in [6.45, 7) is 5.69. The number of thiophene rings is 1. The van der Waals surface area contributed by atoms with Crippen molar-refractivity contribution in [1.29, 1.82) is 0 Å². The molecular formula is C17H19NO2S. The fourth-order valence-corrected chi connectivity index (χ4v) is 3.12. The average molecular weight is 301 g/mol. The molecule has 0 saturated heterocycles. The van der Waals surface area contributed by atoms with Crippen LogP contribution >= 0.6 is 11.3 Å². The van der Waals surface area contributed by atoms with E-state index in [0.717, 1.165) is 12.8 Å². The largest absolute Gasteiger partial charge is 0.321 e. The Morgan fingerprint density at radius 1 is 1.24 bits per heavy atom. The van der Waals surface area contributed by atoms with Crippen LogP contribution in [0.5, 0.6) is 0 Å². The van der Waals surface area contributed by atoms with Gasteiger partial charge in [-0.2, -0.15) is 0 Å². The van der Waals surface area contributed by atoms with Crippen molar-refractivity contribution in [1.82, 2.24) is 0 Å². The van der Waals surface area contributed by atoms with Crippen molar-refractivity contribution in [2.24, 2.45) is 0 Å². The molecule has 2 rings (SSSR count). The molecule has 1 aromatic heterocycles. The van der Waals surface area contributed by atoms with Gasteiger partial charge >= 0.3 is 0 Å². The number of carbonyl (C=O) groups excluding carboxylic acids is 2. The van der Waals surface area contributed by atoms with Gasteiger partial charge in [0, 0.05) is 16.1 Å². The molecule has 0 unspecified atom stereocenters. The first-order valence-electron chi connectivity index (χ1n) is 7.03. The summed E-state index contributed by atoms with van der Waals surface area (Å²) in [4.78, 5) is 25.5. The highest BCUT2D eigenvalue weighted by atomic mass is 32.1. The van der Waals surface area contributed by atoms with Crippen molar-refractivity contribution in [3.8, 4) is 0 Å². The quantitative estimate of drug-likeness (QED) is 0.828. The zero-order chi connectivity index (χ0) is 15.4. The lowest BCUT2D eigenvalue weighted by molar-refractivity contribution is 0.101. The molecule has 0 aliphatic carbocycles. The van der Waals surface area contributed by atoms with E-state index in [2.05, 4.69) is 12.2 Å². The molecule has 3 nitrogen and oxygen atoms in total. The van der Waals surface area contributed by atoms with Gasteiger partial charge in [-0.15, -0.1) is 11.3 Å². The molecule has 4 heteroatoms. The average Bonchev–Trinajstić information content (AvgIpc) is 2.81. The molecule has 0 aliphatic rings. The minimum absolute atomic E-state index is 0.0108. The third kappa shape index (κ3) is 3.79. The monoisotopic (exact) mass is 301 g/mol. The van der Waals surface area contributed by atoms with Crippen molar-refractivity contribution in [2.45, 2.75) is 33.6 Å². The number of hydrogen-bond acceptors (Lipinski definition) is 3. The number of aryl methyl sites for hydroxylation is 2. The topological polar surface area (TPSA) is 46.2 Å². The Hall–Kier alpha value is -1.94. The molecule has 0 spiro atoms. The summed E-state index contributed by atoms with van der Waals surface area (Å²) in [5, 5.41) is 2.86. The summed E-state index contributed by atoms with van der Waals surface area (Å²) in [5.74, 6) is -0.130. The van der Waals surface area contributed by atoms with Gasteiger partial charge in [0.1, 0.15) is 0 Å². The molecule has 110 valence electrons. The molecular weight excluding hydrogens is 282 g/mol. The highest BCUT2D eigenvalue weighted by molar-refractivity contribution is 7.14. The third-order valence-electron chi connectivity index (χ3n) is 3.29. The molecule has 21 heavy (non-hydrogen) atoms. The Bertz CT molecular complexity index is 673. The number of ketones is 1. The molecule has 0 fully saturated rings. The maximum absolute atomic E-state index is 12.3. The molecule has 2 aromatic rings. The van der Waals surface area contributed by atoms with Crippen LogP contribution in [0.25, 0.3) is 0 Å². The third-order valence-corrected chi connectivity index (χ3v) is 4.38. The van der Waals surface area contributed by atoms with Crippen LogP contribution in [0.2, 0.25) is 0 Å². The van der Waals surface area contributed by atoms with Crippen LogP contribution in [0, 0.1) is 6.92 Å². The fourth-order valence-electron chi connectivity index (χ4n) is 2.16. The lowest BCUT2D eigenvalue weighted by atomic mass is 10.1. The van der Waals surface area contributed by atoms with Crippen molar-refractivity contribution in [3.05, 3.63) is 51.2 Å². The summed E-state index contributed by atoms with van der Waals surface area (Å²) in [6, 6.07) is 8.97. The lowest BCUT2D eigenvalue weighted by Gasteiger charge is -2.04. The summed E-state index contributed by atoms with van der Waals surface area (Å²) in [5.41, 5.74) is 2.49. The SMILES string of the molecule is CCCc1cc(C(=O)Nc2cccc(C(C)=O)c2)sc1C. The van der Waals surface area contributed by atoms with Crippen LogP contribution in [0.4, 0.5) is 5.69 Å². The molecule has 0 aliphatic heterocycles. The Balaban J connectivity index is 2.16. The molecule has 1 aromatic carbocycles. The van der Waals surface area contributed by atoms with Crippen LogP contribution in [0.3, 0.4) is 0 Å². The van der Waals surface area contributed by atoms with Gasteiger partial charge < -0.3 is 5.32 Å². The van der Waals surface area contributed by atoms with Gasteiger partial charge in [-0.25, -0.2) is 0 Å². The zero-order valence-electron chi connectivity index (χ0n) is 12.5. The van der Waals surface area contributed by atoms with Gasteiger partial charge in [0.2, 0.25) is 0 Å². The van der Waals surface area contributed by atoms with E-state index in [1.165, 1.54) is 28.7 Å². The molecule has 1 N–H and O–H groups in total. The van der Waals surface area contributed by atoms with Crippen LogP contribution in [-0.2, 0) is 6.42 Å². The lowest BCUT2D eigenvalue weighted by Crippen LogP contribution is -2.10. The Morgan fingerprint density at radius 2 is 2.00 bits per heavy atom. The molecule has 0 atom stereocenters. The van der Waals surface area contributed by atoms with Crippen LogP contribution in [0.15, 0.2) is 30.3 Å². The number of amides is 1. The Labute approximate surface area is 129 Å². The maximum Gasteiger partial charge on any atom is 0.265 e. The van der Waals surface area contributed by atoms with Gasteiger partial charge in [-0.05, 0) is 44.0 Å². The number of carbonyl (C=O) groups is 2. The summed E-state index contributed by atoms with van der Waals surface area (Å²) in [7, 11) is 0. The Kier molecular flexibility index (Phi) is 4.91. The van der Waals surface area contributed by atoms with E-state index >= 15 is 0 Å². The van der Waals surface area contributed by atoms with Crippen LogP contribution in [-0.4, -0.2) is 11.7 Å². The maximum atomic E-state index is 12.3. The highest BCUT2D eigenvalue weighted by Crippen LogP contribution is 2.24. The first-order chi connectivity index (χ1) is 10.0. The van der Waals surface area contributed by atoms with E-state index in [0.29, 0.717) is 16.1 Å². The van der Waals surface area contributed by atoms with Gasteiger partial charge in [0.25, 0.3) is 5.91 Å². The first kappa shape index (κ1) is 15.4. The van der Waals surface area contributed by atoms with E-state index < -0.39 is 0 Å². The second kappa shape index (κ2) is 6.68. The van der Waals surface area contributed by atoms with E-state index in [9.17, 15) is 9.59 Å². The second-order valence-electron chi connectivity index (χ2n) is 5.03. The Morgan fingerprint density at radius 3 is 2.67 bits per heavy atom. The normalized spacial score (nSPS) is 10.4. The number of Topliss-reactive ketones (excluding diaryl/α,β-unsaturated/α-hetero) is 1. The number of rotatable bonds is 5. The number of anilines is 1. The second-order valence-corrected chi connectivity index (χ2v) is 6.29. The molecule has 1 amide bonds. The standard InChI is InChI=1S/C17H19NO2S/c1-4-6-14-10-16(21-12(14)3)17(20)18-15-8-5-7-13(9-15)11(2)19/h5,7-10H,4,6H2,1-3H3,(H,18,20).